The Bertz CT molecular complexity index is 634. The van der Waals surface area contributed by atoms with Crippen molar-refractivity contribution in [3.05, 3.63) is 18.0 Å². The van der Waals surface area contributed by atoms with Crippen molar-refractivity contribution in [1.82, 2.24) is 14.7 Å². The van der Waals surface area contributed by atoms with Crippen molar-refractivity contribution in [1.29, 1.82) is 0 Å². The normalized spacial score (nSPS) is 45.6. The molecule has 0 radical (unpaired) electrons. The van der Waals surface area contributed by atoms with Gasteiger partial charge in [0.05, 0.1) is 0 Å². The molecule has 0 N–H and O–H groups in total. The molecule has 2 aliphatic heterocycles. The first kappa shape index (κ1) is 14.6. The molecular weight excluding hydrogens is 306 g/mol. The van der Waals surface area contributed by atoms with E-state index in [-0.39, 0.29) is 0 Å². The summed E-state index contributed by atoms with van der Waals surface area (Å²) in [5.74, 6) is 4.49. The van der Waals surface area contributed by atoms with Crippen LogP contribution in [0.2, 0.25) is 0 Å². The van der Waals surface area contributed by atoms with Crippen LogP contribution in [0.3, 0.4) is 0 Å². The van der Waals surface area contributed by atoms with E-state index in [1.807, 2.05) is 6.20 Å². The fourth-order valence-electron chi connectivity index (χ4n) is 5.73. The van der Waals surface area contributed by atoms with Gasteiger partial charge in [0.25, 0.3) is 0 Å². The number of hydrogen-bond acceptors (Lipinski definition) is 3. The van der Waals surface area contributed by atoms with Gasteiger partial charge in [0.2, 0.25) is 0 Å². The molecule has 4 aliphatic rings. The zero-order valence-corrected chi connectivity index (χ0v) is 15.0. The lowest BCUT2D eigenvalue weighted by atomic mass is 9.91. The lowest BCUT2D eigenvalue weighted by Gasteiger charge is -2.38. The van der Waals surface area contributed by atoms with E-state index in [1.165, 1.54) is 38.0 Å². The van der Waals surface area contributed by atoms with Crippen LogP contribution in [-0.2, 0) is 10.8 Å². The Morgan fingerprint density at radius 3 is 2.70 bits per heavy atom. The van der Waals surface area contributed by atoms with Crippen LogP contribution in [0.4, 0.5) is 0 Å². The van der Waals surface area contributed by atoms with Gasteiger partial charge in [-0.05, 0) is 57.6 Å². The van der Waals surface area contributed by atoms with Gasteiger partial charge in [-0.3, -0.25) is 13.8 Å². The summed E-state index contributed by atoms with van der Waals surface area (Å²) in [6.07, 6.45) is 6.01. The quantitative estimate of drug-likeness (QED) is 0.852. The van der Waals surface area contributed by atoms with Gasteiger partial charge in [0.15, 0.2) is 0 Å². The minimum atomic E-state index is -0.505. The molecule has 2 unspecified atom stereocenters. The Labute approximate surface area is 141 Å². The summed E-state index contributed by atoms with van der Waals surface area (Å²) in [6.45, 7) is 6.92. The molecule has 1 aromatic rings. The van der Waals surface area contributed by atoms with Crippen LogP contribution in [0.5, 0.6) is 0 Å². The third kappa shape index (κ3) is 2.19. The highest BCUT2D eigenvalue weighted by Gasteiger charge is 2.60. The average Bonchev–Trinajstić information content (AvgIpc) is 2.99. The predicted octanol–water partition coefficient (Wildman–Crippen LogP) is 2.41. The van der Waals surface area contributed by atoms with Gasteiger partial charge in [-0.2, -0.15) is 5.10 Å². The Hall–Kier alpha value is -0.680. The first-order chi connectivity index (χ1) is 11.1. The predicted molar refractivity (Wildman–Crippen MR) is 91.9 cm³/mol. The summed E-state index contributed by atoms with van der Waals surface area (Å²) in [7, 11) is -0.505. The number of rotatable bonds is 3. The highest BCUT2D eigenvalue weighted by Crippen LogP contribution is 2.64. The molecule has 1 aromatic heterocycles. The molecule has 2 aliphatic carbocycles. The second kappa shape index (κ2) is 4.92. The van der Waals surface area contributed by atoms with Gasteiger partial charge < -0.3 is 0 Å². The molecule has 126 valence electrons. The van der Waals surface area contributed by atoms with Crippen molar-refractivity contribution < 1.29 is 4.21 Å². The molecular formula is C18H27N3OS. The van der Waals surface area contributed by atoms with Crippen molar-refractivity contribution in [3.63, 3.8) is 0 Å². The largest absolute Gasteiger partial charge is 0.300 e. The van der Waals surface area contributed by atoms with E-state index in [4.69, 9.17) is 0 Å². The molecule has 3 heterocycles. The van der Waals surface area contributed by atoms with E-state index in [1.54, 1.807) is 0 Å². The Morgan fingerprint density at radius 2 is 2.04 bits per heavy atom. The zero-order valence-electron chi connectivity index (χ0n) is 14.1. The number of likely N-dealkylation sites (tertiary alicyclic amines) is 1. The maximum absolute atomic E-state index is 11.5. The lowest BCUT2D eigenvalue weighted by Crippen LogP contribution is -2.47. The lowest BCUT2D eigenvalue weighted by molar-refractivity contribution is 0.203. The van der Waals surface area contributed by atoms with Crippen LogP contribution in [0.25, 0.3) is 0 Å². The van der Waals surface area contributed by atoms with Gasteiger partial charge in [-0.1, -0.05) is 0 Å². The first-order valence-corrected chi connectivity index (χ1v) is 10.7. The molecule has 4 fully saturated rings. The molecule has 0 amide bonds. The van der Waals surface area contributed by atoms with Gasteiger partial charge in [0.1, 0.15) is 0 Å². The molecule has 5 rings (SSSR count). The summed E-state index contributed by atoms with van der Waals surface area (Å²) in [6, 6.07) is 3.51. The fourth-order valence-corrected chi connectivity index (χ4v) is 7.48. The summed E-state index contributed by atoms with van der Waals surface area (Å²) in [4.78, 5) is 2.74. The summed E-state index contributed by atoms with van der Waals surface area (Å²) < 4.78 is 13.7. The van der Waals surface area contributed by atoms with Crippen molar-refractivity contribution in [3.8, 4) is 0 Å². The van der Waals surface area contributed by atoms with E-state index in [0.29, 0.717) is 11.5 Å². The smallest absolute Gasteiger partial charge is 0.0492 e. The Kier molecular flexibility index (Phi) is 3.13. The van der Waals surface area contributed by atoms with Gasteiger partial charge in [0, 0.05) is 64.2 Å². The average molecular weight is 334 g/mol. The standard InChI is InChI=1S/C18H27N3OS/c1-12(2)21-16(3-5-19-21)17-14-7-13(8-15(14)17)20-6-4-18(9-20)10-23(22)11-18/h3,5,12-15,17H,4,6-11H2,1-2H3. The highest BCUT2D eigenvalue weighted by atomic mass is 32.2. The molecule has 0 aromatic carbocycles. The SMILES string of the molecule is CC(C)n1nccc1C1C2CC(N3CCC4(C3)CS(=O)C4)CC21. The van der Waals surface area contributed by atoms with E-state index in [2.05, 4.69) is 34.6 Å². The van der Waals surface area contributed by atoms with E-state index in [0.717, 1.165) is 35.3 Å². The van der Waals surface area contributed by atoms with Crippen molar-refractivity contribution >= 4 is 10.8 Å². The summed E-state index contributed by atoms with van der Waals surface area (Å²) >= 11 is 0. The van der Waals surface area contributed by atoms with E-state index in [9.17, 15) is 4.21 Å². The van der Waals surface area contributed by atoms with Crippen LogP contribution in [0.15, 0.2) is 12.3 Å². The van der Waals surface area contributed by atoms with Crippen LogP contribution in [0.1, 0.15) is 50.8 Å². The van der Waals surface area contributed by atoms with Crippen molar-refractivity contribution in [2.24, 2.45) is 17.3 Å². The van der Waals surface area contributed by atoms with Crippen LogP contribution >= 0.6 is 0 Å². The van der Waals surface area contributed by atoms with Gasteiger partial charge in [-0.25, -0.2) is 0 Å². The molecule has 2 saturated carbocycles. The van der Waals surface area contributed by atoms with Gasteiger partial charge in [-0.15, -0.1) is 0 Å². The summed E-state index contributed by atoms with van der Waals surface area (Å²) in [5.41, 5.74) is 1.91. The number of hydrogen-bond donors (Lipinski definition) is 0. The summed E-state index contributed by atoms with van der Waals surface area (Å²) in [5, 5.41) is 4.52. The number of nitrogens with zero attached hydrogens (tertiary/aromatic N) is 3. The number of aromatic nitrogens is 2. The molecule has 23 heavy (non-hydrogen) atoms. The zero-order chi connectivity index (χ0) is 15.8. The highest BCUT2D eigenvalue weighted by molar-refractivity contribution is 7.86. The minimum Gasteiger partial charge on any atom is -0.300 e. The maximum atomic E-state index is 11.5. The van der Waals surface area contributed by atoms with Gasteiger partial charge >= 0.3 is 0 Å². The number of fused-ring (bicyclic) bond motifs is 1. The molecule has 2 atom stereocenters. The third-order valence-corrected chi connectivity index (χ3v) is 8.74. The Balaban J connectivity index is 1.22. The minimum absolute atomic E-state index is 0.438. The topological polar surface area (TPSA) is 38.1 Å². The molecule has 1 spiro atoms. The molecule has 2 saturated heterocycles. The molecule has 0 bridgehead atoms. The van der Waals surface area contributed by atoms with Crippen molar-refractivity contribution in [2.75, 3.05) is 24.6 Å². The molecule has 4 nitrogen and oxygen atoms in total. The molecule has 5 heteroatoms. The second-order valence-electron chi connectivity index (χ2n) is 8.72. The van der Waals surface area contributed by atoms with E-state index >= 15 is 0 Å². The second-order valence-corrected chi connectivity index (χ2v) is 10.2. The van der Waals surface area contributed by atoms with Crippen molar-refractivity contribution in [2.45, 2.75) is 51.1 Å². The fraction of sp³-hybridized carbons (Fsp3) is 0.833. The van der Waals surface area contributed by atoms with Crippen LogP contribution in [-0.4, -0.2) is 49.5 Å². The maximum Gasteiger partial charge on any atom is 0.0492 e. The van der Waals surface area contributed by atoms with E-state index < -0.39 is 10.8 Å². The Morgan fingerprint density at radius 1 is 1.30 bits per heavy atom. The monoisotopic (exact) mass is 333 g/mol. The first-order valence-electron chi connectivity index (χ1n) is 9.19. The van der Waals surface area contributed by atoms with Crippen LogP contribution < -0.4 is 0 Å². The third-order valence-electron chi connectivity index (χ3n) is 6.87. The van der Waals surface area contributed by atoms with Crippen LogP contribution in [0, 0.1) is 17.3 Å².